The first kappa shape index (κ1) is 24.0. The Hall–Kier alpha value is -2.70. The van der Waals surface area contributed by atoms with Crippen molar-refractivity contribution in [2.75, 3.05) is 45.6 Å². The maximum Gasteiger partial charge on any atom is 0.228 e. The van der Waals surface area contributed by atoms with Gasteiger partial charge in [0.2, 0.25) is 11.8 Å². The summed E-state index contributed by atoms with van der Waals surface area (Å²) in [5, 5.41) is 3.18. The molecule has 0 radical (unpaired) electrons. The Morgan fingerprint density at radius 2 is 1.74 bits per heavy atom. The third-order valence-electron chi connectivity index (χ3n) is 8.07. The molecule has 2 saturated heterocycles. The van der Waals surface area contributed by atoms with E-state index >= 15 is 0 Å². The first-order valence-corrected chi connectivity index (χ1v) is 13.1. The summed E-state index contributed by atoms with van der Waals surface area (Å²) in [7, 11) is 4.17. The molecule has 6 nitrogen and oxygen atoms in total. The van der Waals surface area contributed by atoms with Crippen LogP contribution in [0.1, 0.15) is 36.0 Å². The van der Waals surface area contributed by atoms with Crippen molar-refractivity contribution in [2.24, 2.45) is 11.8 Å². The Bertz CT molecular complexity index is 1050. The number of likely N-dealkylation sites (tertiary alicyclic amines) is 2. The molecule has 0 saturated carbocycles. The fraction of sp³-hybridized carbons (Fsp3) is 0.517. The van der Waals surface area contributed by atoms with Crippen LogP contribution in [0.2, 0.25) is 0 Å². The molecule has 1 N–H and O–H groups in total. The smallest absolute Gasteiger partial charge is 0.228 e. The molecule has 0 spiro atoms. The van der Waals surface area contributed by atoms with Gasteiger partial charge in [-0.25, -0.2) is 0 Å². The molecule has 2 aliphatic heterocycles. The monoisotopic (exact) mass is 474 g/mol. The van der Waals surface area contributed by atoms with E-state index in [1.165, 1.54) is 23.1 Å². The van der Waals surface area contributed by atoms with Gasteiger partial charge in [0.1, 0.15) is 0 Å². The van der Waals surface area contributed by atoms with Gasteiger partial charge in [-0.05, 0) is 75.0 Å². The molecule has 3 atom stereocenters. The van der Waals surface area contributed by atoms with Gasteiger partial charge in [0.15, 0.2) is 0 Å². The number of hydrogen-bond acceptors (Lipinski definition) is 4. The maximum atomic E-state index is 13.6. The lowest BCUT2D eigenvalue weighted by Crippen LogP contribution is -2.49. The number of amides is 2. The normalized spacial score (nSPS) is 24.5. The van der Waals surface area contributed by atoms with Gasteiger partial charge < -0.3 is 15.1 Å². The number of benzene rings is 2. The molecule has 2 heterocycles. The largest absolute Gasteiger partial charge is 0.341 e. The third kappa shape index (κ3) is 5.60. The van der Waals surface area contributed by atoms with E-state index in [0.717, 1.165) is 44.6 Å². The third-order valence-corrected chi connectivity index (χ3v) is 8.07. The van der Waals surface area contributed by atoms with Crippen molar-refractivity contribution >= 4 is 17.5 Å². The predicted octanol–water partition coefficient (Wildman–Crippen LogP) is 3.41. The van der Waals surface area contributed by atoms with Gasteiger partial charge in [0.25, 0.3) is 0 Å². The van der Waals surface area contributed by atoms with E-state index in [4.69, 9.17) is 0 Å². The van der Waals surface area contributed by atoms with Crippen LogP contribution in [0.3, 0.4) is 0 Å². The summed E-state index contributed by atoms with van der Waals surface area (Å²) in [5.74, 6) is -0.111. The molecule has 6 heteroatoms. The van der Waals surface area contributed by atoms with Crippen LogP contribution < -0.4 is 5.32 Å². The molecule has 2 amide bonds. The Balaban J connectivity index is 1.30. The Morgan fingerprint density at radius 1 is 0.971 bits per heavy atom. The number of piperidine rings is 1. The highest BCUT2D eigenvalue weighted by Gasteiger charge is 2.39. The van der Waals surface area contributed by atoms with E-state index in [-0.39, 0.29) is 23.7 Å². The van der Waals surface area contributed by atoms with Crippen LogP contribution in [-0.2, 0) is 29.0 Å². The lowest BCUT2D eigenvalue weighted by molar-refractivity contribution is -0.138. The van der Waals surface area contributed by atoms with Crippen molar-refractivity contribution in [3.8, 4) is 0 Å². The molecule has 186 valence electrons. The van der Waals surface area contributed by atoms with Crippen LogP contribution in [0, 0.1) is 11.8 Å². The fourth-order valence-electron chi connectivity index (χ4n) is 6.05. The zero-order valence-corrected chi connectivity index (χ0v) is 21.1. The van der Waals surface area contributed by atoms with Crippen molar-refractivity contribution in [3.05, 3.63) is 65.2 Å². The van der Waals surface area contributed by atoms with Crippen LogP contribution in [0.4, 0.5) is 5.69 Å². The quantitative estimate of drug-likeness (QED) is 0.697. The summed E-state index contributed by atoms with van der Waals surface area (Å²) in [6.07, 6.45) is 5.05. The highest BCUT2D eigenvalue weighted by molar-refractivity contribution is 5.93. The van der Waals surface area contributed by atoms with E-state index < -0.39 is 0 Å². The molecule has 2 aromatic carbocycles. The predicted molar refractivity (Wildman–Crippen MR) is 139 cm³/mol. The summed E-state index contributed by atoms with van der Waals surface area (Å²) in [6, 6.07) is 17.1. The zero-order valence-electron chi connectivity index (χ0n) is 21.1. The molecule has 0 aromatic heterocycles. The number of nitrogens with zero attached hydrogens (tertiary/aromatic N) is 3. The average molecular weight is 475 g/mol. The lowest BCUT2D eigenvalue weighted by Gasteiger charge is -2.38. The zero-order chi connectivity index (χ0) is 24.4. The van der Waals surface area contributed by atoms with E-state index in [9.17, 15) is 9.59 Å². The molecule has 3 aliphatic rings. The molecule has 0 bridgehead atoms. The molecule has 2 aromatic rings. The van der Waals surface area contributed by atoms with Crippen LogP contribution in [0.25, 0.3) is 0 Å². The van der Waals surface area contributed by atoms with Gasteiger partial charge >= 0.3 is 0 Å². The summed E-state index contributed by atoms with van der Waals surface area (Å²) < 4.78 is 0. The minimum Gasteiger partial charge on any atom is -0.341 e. The number of anilines is 1. The van der Waals surface area contributed by atoms with Crippen molar-refractivity contribution in [3.63, 3.8) is 0 Å². The highest BCUT2D eigenvalue weighted by Crippen LogP contribution is 2.29. The highest BCUT2D eigenvalue weighted by atomic mass is 16.2. The topological polar surface area (TPSA) is 55.9 Å². The van der Waals surface area contributed by atoms with Crippen LogP contribution in [0.15, 0.2) is 48.5 Å². The number of likely N-dealkylation sites (N-methyl/N-ethyl adjacent to an activating group) is 1. The number of hydrogen-bond donors (Lipinski definition) is 1. The molecule has 35 heavy (non-hydrogen) atoms. The fourth-order valence-corrected chi connectivity index (χ4v) is 6.05. The second-order valence-corrected chi connectivity index (χ2v) is 10.8. The second kappa shape index (κ2) is 10.5. The number of carbonyl (C=O) groups excluding carboxylic acids is 2. The maximum absolute atomic E-state index is 13.6. The van der Waals surface area contributed by atoms with Crippen molar-refractivity contribution < 1.29 is 9.59 Å². The van der Waals surface area contributed by atoms with E-state index in [1.807, 2.05) is 29.2 Å². The number of nitrogens with one attached hydrogen (secondary N) is 1. The molecular weight excluding hydrogens is 436 g/mol. The average Bonchev–Trinajstić information content (AvgIpc) is 3.54. The van der Waals surface area contributed by atoms with E-state index in [1.54, 1.807) is 0 Å². The van der Waals surface area contributed by atoms with Crippen LogP contribution in [0.5, 0.6) is 0 Å². The van der Waals surface area contributed by atoms with Crippen LogP contribution >= 0.6 is 0 Å². The Labute approximate surface area is 209 Å². The number of fused-ring (bicyclic) bond motifs is 1. The summed E-state index contributed by atoms with van der Waals surface area (Å²) >= 11 is 0. The summed E-state index contributed by atoms with van der Waals surface area (Å²) in [5.41, 5.74) is 4.86. The van der Waals surface area contributed by atoms with Gasteiger partial charge in [-0.15, -0.1) is 0 Å². The molecule has 1 unspecified atom stereocenters. The van der Waals surface area contributed by atoms with Crippen molar-refractivity contribution in [2.45, 2.75) is 44.7 Å². The SMILES string of the molecule is CN(C)C1CCN(C(=O)[C@H]2C[C@@H](C(=O)Nc3ccc4c(c3)CCC4)CN(Cc3ccccc3)C2)C1. The van der Waals surface area contributed by atoms with Gasteiger partial charge in [-0.1, -0.05) is 36.4 Å². The van der Waals surface area contributed by atoms with E-state index in [2.05, 4.69) is 53.5 Å². The van der Waals surface area contributed by atoms with Gasteiger partial charge in [-0.2, -0.15) is 0 Å². The van der Waals surface area contributed by atoms with Crippen molar-refractivity contribution in [1.82, 2.24) is 14.7 Å². The van der Waals surface area contributed by atoms with Gasteiger partial charge in [0.05, 0.1) is 11.8 Å². The first-order valence-electron chi connectivity index (χ1n) is 13.1. The summed E-state index contributed by atoms with van der Waals surface area (Å²) in [6.45, 7) is 3.73. The molecule has 5 rings (SSSR count). The Morgan fingerprint density at radius 3 is 2.51 bits per heavy atom. The number of aryl methyl sites for hydroxylation is 2. The van der Waals surface area contributed by atoms with Gasteiger partial charge in [0, 0.05) is 44.5 Å². The van der Waals surface area contributed by atoms with Crippen LogP contribution in [-0.4, -0.2) is 72.8 Å². The van der Waals surface area contributed by atoms with Gasteiger partial charge in [-0.3, -0.25) is 14.5 Å². The lowest BCUT2D eigenvalue weighted by atomic mass is 9.87. The molecular formula is C29H38N4O2. The minimum atomic E-state index is -0.207. The summed E-state index contributed by atoms with van der Waals surface area (Å²) in [4.78, 5) is 33.5. The molecule has 2 fully saturated rings. The Kier molecular flexibility index (Phi) is 7.21. The number of carbonyl (C=O) groups is 2. The van der Waals surface area contributed by atoms with E-state index in [0.29, 0.717) is 25.6 Å². The van der Waals surface area contributed by atoms with Crippen molar-refractivity contribution in [1.29, 1.82) is 0 Å². The minimum absolute atomic E-state index is 0.0334. The molecule has 1 aliphatic carbocycles. The standard InChI is InChI=1S/C29H38N4O2/c1-31(2)27-13-14-33(20-27)29(35)25-15-24(18-32(19-25)17-21-7-4-3-5-8-21)28(34)30-26-12-11-22-9-6-10-23(22)16-26/h3-5,7-8,11-12,16,24-25,27H,6,9-10,13-15,17-20H2,1-2H3,(H,30,34)/t24-,25+,27?/m1/s1. The number of rotatable bonds is 6. The first-order chi connectivity index (χ1) is 17.0. The second-order valence-electron chi connectivity index (χ2n) is 10.8.